The summed E-state index contributed by atoms with van der Waals surface area (Å²) in [5.41, 5.74) is 0.569. The van der Waals surface area contributed by atoms with Crippen molar-refractivity contribution in [2.45, 2.75) is 11.3 Å². The standard InChI is InChI=1S/C22H23N3O6S/c1-29-20-8-7-19(15-21(20)30-2)32(27,28)24-14-11-22(26)25-16-3-5-17(6-4-16)31-18-9-12-23-13-10-18/h3-10,12-13,15,24H,11,14H2,1-2H3,(H,25,26). The summed E-state index contributed by atoms with van der Waals surface area (Å²) in [7, 11) is -0.925. The molecule has 0 aliphatic heterocycles. The molecule has 10 heteroatoms. The lowest BCUT2D eigenvalue weighted by atomic mass is 10.3. The van der Waals surface area contributed by atoms with Crippen LogP contribution in [0.1, 0.15) is 6.42 Å². The molecule has 168 valence electrons. The number of carbonyl (C=O) groups is 1. The molecule has 32 heavy (non-hydrogen) atoms. The summed E-state index contributed by atoms with van der Waals surface area (Å²) in [4.78, 5) is 16.1. The predicted octanol–water partition coefficient (Wildman–Crippen LogP) is 3.20. The number of aromatic nitrogens is 1. The van der Waals surface area contributed by atoms with Gasteiger partial charge in [0.15, 0.2) is 11.5 Å². The van der Waals surface area contributed by atoms with Crippen molar-refractivity contribution in [3.63, 3.8) is 0 Å². The first-order valence-corrected chi connectivity index (χ1v) is 11.1. The fourth-order valence-electron chi connectivity index (χ4n) is 2.74. The molecule has 0 atom stereocenters. The van der Waals surface area contributed by atoms with Gasteiger partial charge in [0, 0.05) is 37.1 Å². The molecule has 9 nitrogen and oxygen atoms in total. The average Bonchev–Trinajstić information content (AvgIpc) is 2.80. The second kappa shape index (κ2) is 10.6. The molecular formula is C22H23N3O6S. The van der Waals surface area contributed by atoms with Crippen molar-refractivity contribution >= 4 is 21.6 Å². The normalized spacial score (nSPS) is 10.9. The Labute approximate surface area is 186 Å². The Morgan fingerprint density at radius 2 is 1.56 bits per heavy atom. The van der Waals surface area contributed by atoms with E-state index >= 15 is 0 Å². The Hall–Kier alpha value is -3.63. The zero-order valence-corrected chi connectivity index (χ0v) is 18.4. The molecule has 1 amide bonds. The van der Waals surface area contributed by atoms with Gasteiger partial charge in [0.1, 0.15) is 11.5 Å². The van der Waals surface area contributed by atoms with E-state index in [9.17, 15) is 13.2 Å². The molecule has 3 rings (SSSR count). The highest BCUT2D eigenvalue weighted by Crippen LogP contribution is 2.29. The lowest BCUT2D eigenvalue weighted by molar-refractivity contribution is -0.116. The summed E-state index contributed by atoms with van der Waals surface area (Å²) in [6.45, 7) is -0.0637. The maximum atomic E-state index is 12.5. The Morgan fingerprint density at radius 1 is 0.906 bits per heavy atom. The Bertz CT molecular complexity index is 1150. The van der Waals surface area contributed by atoms with Crippen molar-refractivity contribution in [1.82, 2.24) is 9.71 Å². The van der Waals surface area contributed by atoms with Crippen LogP contribution in [0.3, 0.4) is 0 Å². The predicted molar refractivity (Wildman–Crippen MR) is 119 cm³/mol. The van der Waals surface area contributed by atoms with Gasteiger partial charge in [0.05, 0.1) is 19.1 Å². The first-order chi connectivity index (χ1) is 15.4. The monoisotopic (exact) mass is 457 g/mol. The van der Waals surface area contributed by atoms with Crippen LogP contribution >= 0.6 is 0 Å². The number of benzene rings is 2. The number of anilines is 1. The first-order valence-electron chi connectivity index (χ1n) is 9.61. The largest absolute Gasteiger partial charge is 0.493 e. The van der Waals surface area contributed by atoms with Crippen LogP contribution in [0.25, 0.3) is 0 Å². The maximum Gasteiger partial charge on any atom is 0.240 e. The van der Waals surface area contributed by atoms with Crippen molar-refractivity contribution in [2.75, 3.05) is 26.1 Å². The molecule has 0 radical (unpaired) electrons. The number of hydrogen-bond donors (Lipinski definition) is 2. The third-order valence-corrected chi connectivity index (χ3v) is 5.79. The molecular weight excluding hydrogens is 434 g/mol. The highest BCUT2D eigenvalue weighted by molar-refractivity contribution is 7.89. The van der Waals surface area contributed by atoms with E-state index < -0.39 is 10.0 Å². The smallest absolute Gasteiger partial charge is 0.240 e. The SMILES string of the molecule is COc1ccc(S(=O)(=O)NCCC(=O)Nc2ccc(Oc3ccncc3)cc2)cc1OC. The van der Waals surface area contributed by atoms with E-state index in [-0.39, 0.29) is 23.8 Å². The summed E-state index contributed by atoms with van der Waals surface area (Å²) < 4.78 is 43.3. The summed E-state index contributed by atoms with van der Waals surface area (Å²) in [6.07, 6.45) is 3.22. The number of hydrogen-bond acceptors (Lipinski definition) is 7. The Morgan fingerprint density at radius 3 is 2.22 bits per heavy atom. The van der Waals surface area contributed by atoms with E-state index in [2.05, 4.69) is 15.0 Å². The Balaban J connectivity index is 1.50. The third kappa shape index (κ3) is 6.19. The Kier molecular flexibility index (Phi) is 7.63. The number of rotatable bonds is 10. The van der Waals surface area contributed by atoms with Gasteiger partial charge in [-0.2, -0.15) is 0 Å². The number of sulfonamides is 1. The molecule has 0 fully saturated rings. The van der Waals surface area contributed by atoms with Crippen LogP contribution in [0.4, 0.5) is 5.69 Å². The molecule has 1 heterocycles. The van der Waals surface area contributed by atoms with Gasteiger partial charge in [0.25, 0.3) is 0 Å². The summed E-state index contributed by atoms with van der Waals surface area (Å²) in [5, 5.41) is 2.72. The second-order valence-electron chi connectivity index (χ2n) is 6.52. The fraction of sp³-hybridized carbons (Fsp3) is 0.182. The van der Waals surface area contributed by atoms with Gasteiger partial charge < -0.3 is 19.5 Å². The van der Waals surface area contributed by atoms with Crippen molar-refractivity contribution in [2.24, 2.45) is 0 Å². The number of nitrogens with zero attached hydrogens (tertiary/aromatic N) is 1. The highest BCUT2D eigenvalue weighted by Gasteiger charge is 2.17. The zero-order valence-electron chi connectivity index (χ0n) is 17.6. The minimum Gasteiger partial charge on any atom is -0.493 e. The quantitative estimate of drug-likeness (QED) is 0.480. The van der Waals surface area contributed by atoms with Crippen LogP contribution in [0.15, 0.2) is 71.9 Å². The van der Waals surface area contributed by atoms with Crippen LogP contribution in [0.2, 0.25) is 0 Å². The van der Waals surface area contributed by atoms with Gasteiger partial charge in [-0.15, -0.1) is 0 Å². The van der Waals surface area contributed by atoms with Gasteiger partial charge in [-0.3, -0.25) is 9.78 Å². The highest BCUT2D eigenvalue weighted by atomic mass is 32.2. The first kappa shape index (κ1) is 23.0. The van der Waals surface area contributed by atoms with Gasteiger partial charge in [-0.25, -0.2) is 13.1 Å². The molecule has 0 aliphatic rings. The van der Waals surface area contributed by atoms with Crippen molar-refractivity contribution < 1.29 is 27.4 Å². The minimum absolute atomic E-state index is 0.0142. The van der Waals surface area contributed by atoms with E-state index in [4.69, 9.17) is 14.2 Å². The lowest BCUT2D eigenvalue weighted by Crippen LogP contribution is -2.27. The molecule has 1 aromatic heterocycles. The molecule has 0 spiro atoms. The number of carbonyl (C=O) groups excluding carboxylic acids is 1. The van der Waals surface area contributed by atoms with Crippen LogP contribution in [-0.4, -0.2) is 40.1 Å². The summed E-state index contributed by atoms with van der Waals surface area (Å²) in [6, 6.07) is 14.6. The van der Waals surface area contributed by atoms with Crippen LogP contribution < -0.4 is 24.2 Å². The van der Waals surface area contributed by atoms with Gasteiger partial charge in [0.2, 0.25) is 15.9 Å². The lowest BCUT2D eigenvalue weighted by Gasteiger charge is -2.11. The molecule has 0 saturated heterocycles. The molecule has 0 unspecified atom stereocenters. The maximum absolute atomic E-state index is 12.5. The van der Waals surface area contributed by atoms with Gasteiger partial charge in [-0.1, -0.05) is 0 Å². The number of pyridine rings is 1. The molecule has 0 saturated carbocycles. The van der Waals surface area contributed by atoms with Crippen molar-refractivity contribution in [3.8, 4) is 23.0 Å². The molecule has 2 N–H and O–H groups in total. The van der Waals surface area contributed by atoms with Crippen molar-refractivity contribution in [3.05, 3.63) is 67.0 Å². The van der Waals surface area contributed by atoms with E-state index in [0.717, 1.165) is 0 Å². The number of ether oxygens (including phenoxy) is 3. The fourth-order valence-corrected chi connectivity index (χ4v) is 3.78. The third-order valence-electron chi connectivity index (χ3n) is 4.33. The number of nitrogens with one attached hydrogen (secondary N) is 2. The van der Waals surface area contributed by atoms with E-state index in [1.807, 2.05) is 0 Å². The van der Waals surface area contributed by atoms with Gasteiger partial charge >= 0.3 is 0 Å². The topological polar surface area (TPSA) is 116 Å². The van der Waals surface area contributed by atoms with E-state index in [1.165, 1.54) is 32.4 Å². The second-order valence-corrected chi connectivity index (χ2v) is 8.29. The summed E-state index contributed by atoms with van der Waals surface area (Å²) in [5.74, 6) is 1.64. The molecule has 3 aromatic rings. The number of methoxy groups -OCH3 is 2. The molecule has 0 bridgehead atoms. The average molecular weight is 458 g/mol. The molecule has 2 aromatic carbocycles. The van der Waals surface area contributed by atoms with E-state index in [1.54, 1.807) is 48.8 Å². The number of amides is 1. The van der Waals surface area contributed by atoms with Crippen molar-refractivity contribution in [1.29, 1.82) is 0 Å². The van der Waals surface area contributed by atoms with Crippen LogP contribution in [-0.2, 0) is 14.8 Å². The van der Waals surface area contributed by atoms with E-state index in [0.29, 0.717) is 28.7 Å². The zero-order chi connectivity index (χ0) is 23.0. The van der Waals surface area contributed by atoms with Crippen LogP contribution in [0, 0.1) is 0 Å². The minimum atomic E-state index is -3.81. The summed E-state index contributed by atoms with van der Waals surface area (Å²) >= 11 is 0. The van der Waals surface area contributed by atoms with Crippen LogP contribution in [0.5, 0.6) is 23.0 Å². The van der Waals surface area contributed by atoms with Gasteiger partial charge in [-0.05, 0) is 48.5 Å². The molecule has 0 aliphatic carbocycles.